The summed E-state index contributed by atoms with van der Waals surface area (Å²) in [5.41, 5.74) is 2.53. The van der Waals surface area contributed by atoms with Crippen LogP contribution < -0.4 is 0 Å². The molecule has 2 aromatic heterocycles. The van der Waals surface area contributed by atoms with E-state index in [9.17, 15) is 4.79 Å². The quantitative estimate of drug-likeness (QED) is 0.444. The monoisotopic (exact) mass is 385 g/mol. The van der Waals surface area contributed by atoms with Gasteiger partial charge in [-0.3, -0.25) is 4.79 Å². The van der Waals surface area contributed by atoms with Gasteiger partial charge in [-0.05, 0) is 37.8 Å². The van der Waals surface area contributed by atoms with Gasteiger partial charge in [-0.1, -0.05) is 42.1 Å². The molecular formula is C20H23N3OS2. The number of thioether (sulfide) groups is 1. The van der Waals surface area contributed by atoms with E-state index in [1.807, 2.05) is 18.0 Å². The molecule has 2 heterocycles. The number of carbonyl (C=O) groups is 1. The highest BCUT2D eigenvalue weighted by molar-refractivity contribution is 8.00. The van der Waals surface area contributed by atoms with E-state index < -0.39 is 0 Å². The first-order chi connectivity index (χ1) is 12.6. The van der Waals surface area contributed by atoms with Crippen LogP contribution in [0.15, 0.2) is 41.7 Å². The van der Waals surface area contributed by atoms with Gasteiger partial charge in [0.1, 0.15) is 16.2 Å². The molecule has 0 atom stereocenters. The average Bonchev–Trinajstić information content (AvgIpc) is 2.95. The second-order valence-electron chi connectivity index (χ2n) is 6.34. The van der Waals surface area contributed by atoms with Crippen molar-refractivity contribution >= 4 is 39.2 Å². The summed E-state index contributed by atoms with van der Waals surface area (Å²) in [6.07, 6.45) is 3.55. The smallest absolute Gasteiger partial charge is 0.232 e. The zero-order chi connectivity index (χ0) is 18.5. The molecule has 0 N–H and O–H groups in total. The number of benzene rings is 1. The molecule has 0 radical (unpaired) electrons. The van der Waals surface area contributed by atoms with Crippen molar-refractivity contribution in [2.75, 3.05) is 19.3 Å². The first kappa shape index (κ1) is 18.9. The number of aryl methyl sites for hydroxylation is 3. The molecule has 1 amide bonds. The van der Waals surface area contributed by atoms with E-state index in [-0.39, 0.29) is 5.91 Å². The molecule has 0 aliphatic rings. The molecule has 136 valence electrons. The van der Waals surface area contributed by atoms with Gasteiger partial charge in [0.2, 0.25) is 5.91 Å². The molecule has 0 spiro atoms. The fraction of sp³-hybridized carbons (Fsp3) is 0.350. The summed E-state index contributed by atoms with van der Waals surface area (Å²) in [7, 11) is 1.88. The van der Waals surface area contributed by atoms with Gasteiger partial charge in [0, 0.05) is 23.9 Å². The fourth-order valence-electron chi connectivity index (χ4n) is 2.79. The van der Waals surface area contributed by atoms with Crippen LogP contribution in [0.2, 0.25) is 0 Å². The SMILES string of the molecule is Cc1sc2ncnc(SCC(=O)N(C)CCCc3ccccc3)c2c1C. The molecule has 4 nitrogen and oxygen atoms in total. The van der Waals surface area contributed by atoms with Crippen LogP contribution in [-0.4, -0.2) is 40.1 Å². The molecule has 26 heavy (non-hydrogen) atoms. The minimum atomic E-state index is 0.138. The molecular weight excluding hydrogens is 362 g/mol. The first-order valence-electron chi connectivity index (χ1n) is 8.67. The lowest BCUT2D eigenvalue weighted by Gasteiger charge is -2.17. The van der Waals surface area contributed by atoms with Crippen LogP contribution in [0, 0.1) is 13.8 Å². The van der Waals surface area contributed by atoms with Crippen molar-refractivity contribution in [1.29, 1.82) is 0 Å². The highest BCUT2D eigenvalue weighted by Gasteiger charge is 2.15. The molecule has 0 bridgehead atoms. The predicted molar refractivity (Wildman–Crippen MR) is 110 cm³/mol. The Labute approximate surface area is 162 Å². The Hall–Kier alpha value is -1.92. The van der Waals surface area contributed by atoms with Gasteiger partial charge in [-0.2, -0.15) is 0 Å². The lowest BCUT2D eigenvalue weighted by molar-refractivity contribution is -0.127. The topological polar surface area (TPSA) is 46.1 Å². The number of fused-ring (bicyclic) bond motifs is 1. The maximum absolute atomic E-state index is 12.4. The summed E-state index contributed by atoms with van der Waals surface area (Å²) >= 11 is 3.19. The molecule has 0 saturated carbocycles. The van der Waals surface area contributed by atoms with Crippen LogP contribution in [0.1, 0.15) is 22.4 Å². The van der Waals surface area contributed by atoms with E-state index in [0.717, 1.165) is 34.6 Å². The first-order valence-corrected chi connectivity index (χ1v) is 10.5. The third-order valence-corrected chi connectivity index (χ3v) is 6.58. The molecule has 0 aliphatic carbocycles. The predicted octanol–water partition coefficient (Wildman–Crippen LogP) is 4.49. The zero-order valence-corrected chi connectivity index (χ0v) is 17.0. The molecule has 0 unspecified atom stereocenters. The number of rotatable bonds is 7. The van der Waals surface area contributed by atoms with Crippen LogP contribution in [0.25, 0.3) is 10.2 Å². The van der Waals surface area contributed by atoms with Crippen LogP contribution >= 0.6 is 23.1 Å². The summed E-state index contributed by atoms with van der Waals surface area (Å²) in [4.78, 5) is 25.3. The minimum absolute atomic E-state index is 0.138. The van der Waals surface area contributed by atoms with E-state index in [2.05, 4.69) is 48.1 Å². The van der Waals surface area contributed by atoms with Crippen molar-refractivity contribution in [1.82, 2.24) is 14.9 Å². The molecule has 0 saturated heterocycles. The van der Waals surface area contributed by atoms with Crippen LogP contribution in [0.5, 0.6) is 0 Å². The molecule has 3 aromatic rings. The van der Waals surface area contributed by atoms with Crippen LogP contribution in [0.3, 0.4) is 0 Å². The van der Waals surface area contributed by atoms with E-state index in [4.69, 9.17) is 0 Å². The number of carbonyl (C=O) groups excluding carboxylic acids is 1. The maximum Gasteiger partial charge on any atom is 0.232 e. The highest BCUT2D eigenvalue weighted by atomic mass is 32.2. The Morgan fingerprint density at radius 1 is 1.19 bits per heavy atom. The van der Waals surface area contributed by atoms with Crippen molar-refractivity contribution in [3.05, 3.63) is 52.7 Å². The van der Waals surface area contributed by atoms with Gasteiger partial charge in [-0.25, -0.2) is 9.97 Å². The summed E-state index contributed by atoms with van der Waals surface area (Å²) < 4.78 is 0. The van der Waals surface area contributed by atoms with Crippen molar-refractivity contribution in [2.45, 2.75) is 31.7 Å². The van der Waals surface area contributed by atoms with Gasteiger partial charge in [0.25, 0.3) is 0 Å². The maximum atomic E-state index is 12.4. The number of aromatic nitrogens is 2. The van der Waals surface area contributed by atoms with E-state index in [0.29, 0.717) is 5.75 Å². The fourth-order valence-corrected chi connectivity index (χ4v) is 4.85. The number of nitrogens with zero attached hydrogens (tertiary/aromatic N) is 3. The Bertz CT molecular complexity index is 893. The minimum Gasteiger partial charge on any atom is -0.345 e. The Morgan fingerprint density at radius 2 is 1.96 bits per heavy atom. The summed E-state index contributed by atoms with van der Waals surface area (Å²) in [5.74, 6) is 0.543. The zero-order valence-electron chi connectivity index (χ0n) is 15.4. The second-order valence-corrected chi connectivity index (χ2v) is 8.50. The highest BCUT2D eigenvalue weighted by Crippen LogP contribution is 2.34. The summed E-state index contributed by atoms with van der Waals surface area (Å²) in [5, 5.41) is 2.00. The van der Waals surface area contributed by atoms with Crippen LogP contribution in [-0.2, 0) is 11.2 Å². The van der Waals surface area contributed by atoms with E-state index >= 15 is 0 Å². The molecule has 6 heteroatoms. The van der Waals surface area contributed by atoms with E-state index in [1.54, 1.807) is 17.7 Å². The van der Waals surface area contributed by atoms with Gasteiger partial charge in [0.15, 0.2) is 0 Å². The Balaban J connectivity index is 1.53. The lowest BCUT2D eigenvalue weighted by atomic mass is 10.1. The van der Waals surface area contributed by atoms with Crippen molar-refractivity contribution in [2.24, 2.45) is 0 Å². The molecule has 0 aliphatic heterocycles. The van der Waals surface area contributed by atoms with Gasteiger partial charge in [-0.15, -0.1) is 11.3 Å². The molecule has 1 aromatic carbocycles. The third-order valence-electron chi connectivity index (χ3n) is 4.49. The number of hydrogen-bond acceptors (Lipinski definition) is 5. The standard InChI is InChI=1S/C20H23N3OS2/c1-14-15(2)26-20-18(14)19(21-13-22-20)25-12-17(24)23(3)11-7-10-16-8-5-4-6-9-16/h4-6,8-9,13H,7,10-12H2,1-3H3. The normalized spacial score (nSPS) is 11.0. The number of amides is 1. The van der Waals surface area contributed by atoms with Crippen molar-refractivity contribution in [3.8, 4) is 0 Å². The van der Waals surface area contributed by atoms with Gasteiger partial charge in [0.05, 0.1) is 5.75 Å². The molecule has 0 fully saturated rings. The van der Waals surface area contributed by atoms with Gasteiger partial charge >= 0.3 is 0 Å². The molecule has 3 rings (SSSR count). The van der Waals surface area contributed by atoms with Crippen molar-refractivity contribution < 1.29 is 4.79 Å². The Kier molecular flexibility index (Phi) is 6.27. The van der Waals surface area contributed by atoms with Gasteiger partial charge < -0.3 is 4.90 Å². The van der Waals surface area contributed by atoms with E-state index in [1.165, 1.54) is 27.8 Å². The van der Waals surface area contributed by atoms with Crippen LogP contribution in [0.4, 0.5) is 0 Å². The summed E-state index contributed by atoms with van der Waals surface area (Å²) in [6.45, 7) is 4.96. The van der Waals surface area contributed by atoms with Crippen molar-refractivity contribution in [3.63, 3.8) is 0 Å². The summed E-state index contributed by atoms with van der Waals surface area (Å²) in [6, 6.07) is 10.4. The third kappa shape index (κ3) is 4.43. The largest absolute Gasteiger partial charge is 0.345 e. The average molecular weight is 386 g/mol. The second kappa shape index (κ2) is 8.64. The number of thiophene rings is 1. The lowest BCUT2D eigenvalue weighted by Crippen LogP contribution is -2.29. The Morgan fingerprint density at radius 3 is 2.73 bits per heavy atom. The number of hydrogen-bond donors (Lipinski definition) is 0.